The Morgan fingerprint density at radius 3 is 1.73 bits per heavy atom. The fourth-order valence-corrected chi connectivity index (χ4v) is 8.55. The van der Waals surface area contributed by atoms with Crippen LogP contribution in [0.5, 0.6) is 0 Å². The maximum atomic E-state index is 13.7. The molecule has 2 amide bonds. The molecule has 2 heterocycles. The predicted molar refractivity (Wildman–Crippen MR) is 134 cm³/mol. The molecule has 2 aliphatic heterocycles. The van der Waals surface area contributed by atoms with Gasteiger partial charge in [0.05, 0.1) is 36.6 Å². The Labute approximate surface area is 202 Å². The third-order valence-electron chi connectivity index (χ3n) is 5.99. The third kappa shape index (κ3) is 3.77. The first-order chi connectivity index (χ1) is 15.9. The highest BCUT2D eigenvalue weighted by molar-refractivity contribution is 7.75. The van der Waals surface area contributed by atoms with Gasteiger partial charge in [0.15, 0.2) is 0 Å². The minimum absolute atomic E-state index is 0.0973. The van der Waals surface area contributed by atoms with Gasteiger partial charge < -0.3 is 0 Å². The van der Waals surface area contributed by atoms with Crippen LogP contribution in [0.25, 0.3) is 0 Å². The van der Waals surface area contributed by atoms with E-state index in [1.807, 2.05) is 70.0 Å². The van der Waals surface area contributed by atoms with Crippen LogP contribution in [-0.2, 0) is 9.59 Å². The summed E-state index contributed by atoms with van der Waals surface area (Å²) in [5.41, 5.74) is 1.03. The Bertz CT molecular complexity index is 1140. The van der Waals surface area contributed by atoms with Crippen molar-refractivity contribution in [1.29, 1.82) is 0 Å². The number of carbonyl (C=O) groups excluding carboxylic acids is 2. The van der Waals surface area contributed by atoms with Gasteiger partial charge in [0.25, 0.3) is 5.91 Å². The lowest BCUT2D eigenvalue weighted by Gasteiger charge is -2.34. The van der Waals surface area contributed by atoms with Crippen molar-refractivity contribution in [2.24, 2.45) is 0 Å². The average molecular weight is 501 g/mol. The van der Waals surface area contributed by atoms with Crippen LogP contribution >= 0.6 is 31.0 Å². The van der Waals surface area contributed by atoms with Gasteiger partial charge in [-0.05, 0) is 42.5 Å². The van der Waals surface area contributed by atoms with Crippen LogP contribution in [0.4, 0.5) is 17.1 Å². The minimum atomic E-state index is -3.32. The van der Waals surface area contributed by atoms with E-state index in [1.54, 1.807) is 6.07 Å². The maximum Gasteiger partial charge on any atom is 0.344 e. The first kappa shape index (κ1) is 22.2. The van der Waals surface area contributed by atoms with Crippen molar-refractivity contribution in [3.05, 3.63) is 88.9 Å². The van der Waals surface area contributed by atoms with E-state index in [0.29, 0.717) is 28.8 Å². The van der Waals surface area contributed by atoms with Gasteiger partial charge in [-0.15, -0.1) is 0 Å². The molecule has 3 aromatic carbocycles. The lowest BCUT2D eigenvalue weighted by molar-refractivity contribution is -0.121. The summed E-state index contributed by atoms with van der Waals surface area (Å²) < 4.78 is 3.81. The summed E-state index contributed by atoms with van der Waals surface area (Å²) in [5.74, 6) is -0.831. The summed E-state index contributed by atoms with van der Waals surface area (Å²) in [5, 5.41) is 0.653. The van der Waals surface area contributed by atoms with E-state index >= 15 is 0 Å². The van der Waals surface area contributed by atoms with Gasteiger partial charge in [0.1, 0.15) is 0 Å². The van der Waals surface area contributed by atoms with E-state index in [0.717, 1.165) is 16.3 Å². The van der Waals surface area contributed by atoms with E-state index in [-0.39, 0.29) is 12.3 Å². The third-order valence-corrected chi connectivity index (χ3v) is 9.95. The Kier molecular flexibility index (Phi) is 5.79. The van der Waals surface area contributed by atoms with Crippen molar-refractivity contribution in [1.82, 2.24) is 0 Å². The van der Waals surface area contributed by atoms with Gasteiger partial charge in [0.2, 0.25) is 11.6 Å². The van der Waals surface area contributed by atoms with Gasteiger partial charge >= 0.3 is 7.79 Å². The van der Waals surface area contributed by atoms with Crippen molar-refractivity contribution < 1.29 is 14.5 Å². The first-order valence-electron chi connectivity index (χ1n) is 10.5. The number of halogens is 2. The van der Waals surface area contributed by atoms with Crippen molar-refractivity contribution in [3.8, 4) is 0 Å². The molecule has 2 aliphatic rings. The number of amides is 2. The highest BCUT2D eigenvalue weighted by Gasteiger charge is 2.68. The fourth-order valence-electron chi connectivity index (χ4n) is 4.58. The van der Waals surface area contributed by atoms with Gasteiger partial charge in [-0.1, -0.05) is 59.6 Å². The molecule has 168 valence electrons. The molecule has 9 heteroatoms. The number of benzene rings is 3. The molecule has 0 saturated carbocycles. The van der Waals surface area contributed by atoms with E-state index in [1.165, 1.54) is 12.1 Å². The second-order valence-electron chi connectivity index (χ2n) is 7.95. The average Bonchev–Trinajstić information content (AvgIpc) is 3.31. The highest BCUT2D eigenvalue weighted by atomic mass is 35.5. The van der Waals surface area contributed by atoms with Crippen LogP contribution in [0, 0.1) is 0 Å². The summed E-state index contributed by atoms with van der Waals surface area (Å²) in [7, 11) is -3.32. The van der Waals surface area contributed by atoms with Gasteiger partial charge in [-0.2, -0.15) is 0 Å². The quantitative estimate of drug-likeness (QED) is 0.383. The molecule has 3 aromatic rings. The summed E-state index contributed by atoms with van der Waals surface area (Å²) in [6.07, 6.45) is -0.0973. The minimum Gasteiger partial charge on any atom is -0.274 e. The Hall–Kier alpha value is -2.63. The molecule has 2 fully saturated rings. The molecular weight excluding hydrogens is 480 g/mol. The molecule has 0 bridgehead atoms. The molecule has 2 saturated heterocycles. The molecule has 1 atom stereocenters. The highest BCUT2D eigenvalue weighted by Crippen LogP contribution is 2.71. The van der Waals surface area contributed by atoms with Gasteiger partial charge in [-0.3, -0.25) is 9.59 Å². The number of anilines is 3. The zero-order valence-electron chi connectivity index (χ0n) is 17.5. The second kappa shape index (κ2) is 8.62. The maximum absolute atomic E-state index is 13.7. The zero-order chi connectivity index (χ0) is 23.2. The molecule has 33 heavy (non-hydrogen) atoms. The molecule has 0 aromatic heterocycles. The monoisotopic (exact) mass is 500 g/mol. The lowest BCUT2D eigenvalue weighted by Crippen LogP contribution is -2.39. The predicted octanol–water partition coefficient (Wildman–Crippen LogP) is 5.41. The van der Waals surface area contributed by atoms with E-state index in [9.17, 15) is 14.5 Å². The first-order valence-corrected chi connectivity index (χ1v) is 13.0. The SMILES string of the molecule is O=C1CC([P+]2(O)N(c3ccccc3)CCN2c2ccccc2)C(=O)N1c1cc(Cl)cc(Cl)c1. The largest absolute Gasteiger partial charge is 0.344 e. The molecule has 0 spiro atoms. The normalized spacial score (nSPS) is 20.1. The van der Waals surface area contributed by atoms with Crippen molar-refractivity contribution >= 4 is 59.9 Å². The molecule has 1 unspecified atom stereocenters. The number of nitrogens with zero attached hydrogens (tertiary/aromatic N) is 3. The summed E-state index contributed by atoms with van der Waals surface area (Å²) in [6.45, 7) is 1.06. The van der Waals surface area contributed by atoms with Crippen LogP contribution < -0.4 is 14.2 Å². The molecule has 5 rings (SSSR count). The molecule has 0 radical (unpaired) electrons. The number of hydrogen-bond donors (Lipinski definition) is 1. The van der Waals surface area contributed by atoms with Crippen molar-refractivity contribution in [3.63, 3.8) is 0 Å². The molecular formula is C24H21Cl2N3O3P+. The zero-order valence-corrected chi connectivity index (χ0v) is 19.9. The van der Waals surface area contributed by atoms with E-state index in [2.05, 4.69) is 0 Å². The smallest absolute Gasteiger partial charge is 0.274 e. The topological polar surface area (TPSA) is 64.1 Å². The lowest BCUT2D eigenvalue weighted by atomic mass is 10.3. The number of rotatable bonds is 4. The fraction of sp³-hybridized carbons (Fsp3) is 0.167. The van der Waals surface area contributed by atoms with E-state index < -0.39 is 19.4 Å². The number of para-hydroxylation sites is 2. The number of carbonyl (C=O) groups is 2. The molecule has 0 aliphatic carbocycles. The number of hydrogen-bond acceptors (Lipinski definition) is 5. The Morgan fingerprint density at radius 1 is 0.758 bits per heavy atom. The van der Waals surface area contributed by atoms with Crippen LogP contribution in [0.15, 0.2) is 78.9 Å². The number of imide groups is 1. The summed E-state index contributed by atoms with van der Waals surface area (Å²) in [6, 6.07) is 23.6. The standard InChI is InChI=1S/C24H21Cl2N3O3P/c25-17-13-18(26)15-21(14-17)29-23(30)16-22(24(29)31)33(32)27(19-7-3-1-4-8-19)11-12-28(33)20-9-5-2-6-10-20/h1-10,13-15,22,32H,11-12,16H2/q+1. The molecule has 1 N–H and O–H groups in total. The van der Waals surface area contributed by atoms with Crippen molar-refractivity contribution in [2.45, 2.75) is 12.1 Å². The van der Waals surface area contributed by atoms with Crippen LogP contribution in [0.2, 0.25) is 10.0 Å². The molecule has 6 nitrogen and oxygen atoms in total. The second-order valence-corrected chi connectivity index (χ2v) is 11.6. The summed E-state index contributed by atoms with van der Waals surface area (Å²) in [4.78, 5) is 40.3. The van der Waals surface area contributed by atoms with Crippen LogP contribution in [0.3, 0.4) is 0 Å². The van der Waals surface area contributed by atoms with Crippen LogP contribution in [-0.4, -0.2) is 35.5 Å². The Balaban J connectivity index is 1.60. The summed E-state index contributed by atoms with van der Waals surface area (Å²) >= 11 is 12.3. The van der Waals surface area contributed by atoms with E-state index in [4.69, 9.17) is 23.2 Å². The van der Waals surface area contributed by atoms with Gasteiger partial charge in [0, 0.05) is 10.0 Å². The van der Waals surface area contributed by atoms with Crippen molar-refractivity contribution in [2.75, 3.05) is 27.3 Å². The Morgan fingerprint density at radius 2 is 1.24 bits per heavy atom. The van der Waals surface area contributed by atoms with Gasteiger partial charge in [-0.25, -0.2) is 19.1 Å². The van der Waals surface area contributed by atoms with Crippen LogP contribution in [0.1, 0.15) is 6.42 Å².